The fourth-order valence-electron chi connectivity index (χ4n) is 3.11. The predicted molar refractivity (Wildman–Crippen MR) is 86.9 cm³/mol. The molecule has 0 bridgehead atoms. The Morgan fingerprint density at radius 2 is 1.95 bits per heavy atom. The first kappa shape index (κ1) is 17.3. The van der Waals surface area contributed by atoms with Gasteiger partial charge in [-0.3, -0.25) is 0 Å². The maximum absolute atomic E-state index is 10.7. The SMILES string of the molecule is CC(C)Oc1ccc(C[NH2+]C[C@]2(O)CCOC(C)(C)C2)cc1. The Kier molecular flexibility index (Phi) is 5.48. The zero-order valence-corrected chi connectivity index (χ0v) is 14.3. The number of rotatable bonds is 6. The van der Waals surface area contributed by atoms with Gasteiger partial charge in [-0.25, -0.2) is 0 Å². The summed E-state index contributed by atoms with van der Waals surface area (Å²) in [4.78, 5) is 0. The molecule has 0 aromatic heterocycles. The van der Waals surface area contributed by atoms with Crippen molar-refractivity contribution in [3.63, 3.8) is 0 Å². The van der Waals surface area contributed by atoms with Crippen molar-refractivity contribution >= 4 is 0 Å². The highest BCUT2D eigenvalue weighted by Crippen LogP contribution is 2.30. The summed E-state index contributed by atoms with van der Waals surface area (Å²) in [6.45, 7) is 10.4. The minimum absolute atomic E-state index is 0.198. The summed E-state index contributed by atoms with van der Waals surface area (Å²) >= 11 is 0. The third-order valence-electron chi connectivity index (χ3n) is 4.01. The molecular formula is C18H30NO3+. The van der Waals surface area contributed by atoms with Crippen LogP contribution in [-0.4, -0.2) is 35.6 Å². The van der Waals surface area contributed by atoms with Gasteiger partial charge in [0.15, 0.2) is 0 Å². The summed E-state index contributed by atoms with van der Waals surface area (Å²) in [5.74, 6) is 0.906. The molecule has 1 aromatic carbocycles. The molecule has 1 aromatic rings. The number of benzene rings is 1. The van der Waals surface area contributed by atoms with E-state index in [-0.39, 0.29) is 11.7 Å². The van der Waals surface area contributed by atoms with E-state index in [1.807, 2.05) is 39.8 Å². The number of nitrogens with two attached hydrogens (primary N) is 1. The van der Waals surface area contributed by atoms with E-state index in [0.717, 1.165) is 12.3 Å². The second-order valence-electron chi connectivity index (χ2n) is 7.27. The lowest BCUT2D eigenvalue weighted by atomic mass is 9.84. The first-order chi connectivity index (χ1) is 10.3. The van der Waals surface area contributed by atoms with E-state index in [0.29, 0.717) is 26.0 Å². The number of hydrogen-bond donors (Lipinski definition) is 2. The Morgan fingerprint density at radius 3 is 2.55 bits per heavy atom. The van der Waals surface area contributed by atoms with Crippen LogP contribution < -0.4 is 10.1 Å². The van der Waals surface area contributed by atoms with Gasteiger partial charge in [0.05, 0.1) is 18.3 Å². The topological polar surface area (TPSA) is 55.3 Å². The van der Waals surface area contributed by atoms with Crippen LogP contribution in [-0.2, 0) is 11.3 Å². The summed E-state index contributed by atoms with van der Waals surface area (Å²) in [5.41, 5.74) is 0.394. The molecule has 3 N–H and O–H groups in total. The molecule has 124 valence electrons. The zero-order chi connectivity index (χ0) is 16.2. The fraction of sp³-hybridized carbons (Fsp3) is 0.667. The lowest BCUT2D eigenvalue weighted by Gasteiger charge is -2.40. The minimum atomic E-state index is -0.623. The van der Waals surface area contributed by atoms with Crippen LogP contribution in [0.5, 0.6) is 5.75 Å². The zero-order valence-electron chi connectivity index (χ0n) is 14.3. The standard InChI is InChI=1S/C18H29NO3/c1-14(2)22-16-7-5-15(6-8-16)11-19-13-18(20)9-10-21-17(3,4)12-18/h5-8,14,19-20H,9-13H2,1-4H3/p+1/t18-/m0/s1. The summed E-state index contributed by atoms with van der Waals surface area (Å²) in [6, 6.07) is 8.20. The third-order valence-corrected chi connectivity index (χ3v) is 4.01. The first-order valence-electron chi connectivity index (χ1n) is 8.22. The first-order valence-corrected chi connectivity index (χ1v) is 8.22. The molecular weight excluding hydrogens is 278 g/mol. The van der Waals surface area contributed by atoms with Gasteiger partial charge >= 0.3 is 0 Å². The van der Waals surface area contributed by atoms with Crippen molar-refractivity contribution in [2.45, 2.75) is 64.4 Å². The molecule has 0 amide bonds. The molecule has 2 rings (SSSR count). The van der Waals surface area contributed by atoms with Crippen LogP contribution in [0.3, 0.4) is 0 Å². The lowest BCUT2D eigenvalue weighted by molar-refractivity contribution is -0.683. The van der Waals surface area contributed by atoms with Gasteiger partial charge in [-0.1, -0.05) is 0 Å². The molecule has 1 atom stereocenters. The van der Waals surface area contributed by atoms with Crippen LogP contribution in [0.4, 0.5) is 0 Å². The predicted octanol–water partition coefficient (Wildman–Crippen LogP) is 1.86. The van der Waals surface area contributed by atoms with Crippen molar-refractivity contribution in [2.75, 3.05) is 13.2 Å². The van der Waals surface area contributed by atoms with Gasteiger partial charge in [-0.05, 0) is 52.0 Å². The normalized spacial score (nSPS) is 24.5. The van der Waals surface area contributed by atoms with Gasteiger partial charge in [0.2, 0.25) is 0 Å². The number of hydrogen-bond acceptors (Lipinski definition) is 3. The van der Waals surface area contributed by atoms with Gasteiger partial charge in [0.1, 0.15) is 24.4 Å². The van der Waals surface area contributed by atoms with Gasteiger partial charge in [0, 0.05) is 18.4 Å². The van der Waals surface area contributed by atoms with Gasteiger partial charge in [-0.2, -0.15) is 0 Å². The van der Waals surface area contributed by atoms with E-state index in [9.17, 15) is 5.11 Å². The lowest BCUT2D eigenvalue weighted by Crippen LogP contribution is -2.87. The van der Waals surface area contributed by atoms with E-state index in [2.05, 4.69) is 17.4 Å². The Morgan fingerprint density at radius 1 is 1.27 bits per heavy atom. The highest BCUT2D eigenvalue weighted by molar-refractivity contribution is 5.26. The number of aliphatic hydroxyl groups is 1. The quantitative estimate of drug-likeness (QED) is 0.843. The largest absolute Gasteiger partial charge is 0.491 e. The maximum Gasteiger partial charge on any atom is 0.119 e. The summed E-state index contributed by atoms with van der Waals surface area (Å²) in [6.07, 6.45) is 1.61. The third kappa shape index (κ3) is 5.27. The van der Waals surface area contributed by atoms with Crippen LogP contribution in [0, 0.1) is 0 Å². The molecule has 4 nitrogen and oxygen atoms in total. The average molecular weight is 308 g/mol. The molecule has 4 heteroatoms. The molecule has 0 unspecified atom stereocenters. The molecule has 0 aliphatic carbocycles. The Balaban J connectivity index is 1.80. The van der Waals surface area contributed by atoms with E-state index in [1.165, 1.54) is 5.56 Å². The molecule has 1 heterocycles. The molecule has 22 heavy (non-hydrogen) atoms. The van der Waals surface area contributed by atoms with Crippen molar-refractivity contribution in [1.82, 2.24) is 0 Å². The van der Waals surface area contributed by atoms with E-state index < -0.39 is 5.60 Å². The van der Waals surface area contributed by atoms with Crippen molar-refractivity contribution in [2.24, 2.45) is 0 Å². The highest BCUT2D eigenvalue weighted by Gasteiger charge is 2.40. The van der Waals surface area contributed by atoms with E-state index in [4.69, 9.17) is 9.47 Å². The second-order valence-corrected chi connectivity index (χ2v) is 7.27. The Bertz CT molecular complexity index is 470. The van der Waals surface area contributed by atoms with Crippen molar-refractivity contribution in [3.05, 3.63) is 29.8 Å². The minimum Gasteiger partial charge on any atom is -0.491 e. The fourth-order valence-corrected chi connectivity index (χ4v) is 3.11. The smallest absolute Gasteiger partial charge is 0.119 e. The van der Waals surface area contributed by atoms with Gasteiger partial charge in [0.25, 0.3) is 0 Å². The average Bonchev–Trinajstić information content (AvgIpc) is 2.38. The van der Waals surface area contributed by atoms with E-state index >= 15 is 0 Å². The molecule has 0 saturated carbocycles. The van der Waals surface area contributed by atoms with E-state index in [1.54, 1.807) is 0 Å². The summed E-state index contributed by atoms with van der Waals surface area (Å²) in [5, 5.41) is 12.9. The van der Waals surface area contributed by atoms with Gasteiger partial charge < -0.3 is 19.9 Å². The van der Waals surface area contributed by atoms with Crippen LogP contribution in [0.2, 0.25) is 0 Å². The molecule has 1 aliphatic heterocycles. The Labute approximate surface area is 133 Å². The van der Waals surface area contributed by atoms with Crippen LogP contribution in [0.15, 0.2) is 24.3 Å². The monoisotopic (exact) mass is 308 g/mol. The van der Waals surface area contributed by atoms with Gasteiger partial charge in [-0.15, -0.1) is 0 Å². The van der Waals surface area contributed by atoms with Crippen molar-refractivity contribution in [3.8, 4) is 5.75 Å². The van der Waals surface area contributed by atoms with Crippen LogP contribution in [0.25, 0.3) is 0 Å². The summed E-state index contributed by atoms with van der Waals surface area (Å²) in [7, 11) is 0. The number of quaternary nitrogens is 1. The van der Waals surface area contributed by atoms with Crippen LogP contribution in [0.1, 0.15) is 46.1 Å². The highest BCUT2D eigenvalue weighted by atomic mass is 16.5. The van der Waals surface area contributed by atoms with Crippen LogP contribution >= 0.6 is 0 Å². The molecule has 0 spiro atoms. The Hall–Kier alpha value is -1.10. The molecule has 1 aliphatic rings. The second kappa shape index (κ2) is 6.99. The maximum atomic E-state index is 10.7. The van der Waals surface area contributed by atoms with Crippen molar-refractivity contribution < 1.29 is 19.9 Å². The summed E-state index contributed by atoms with van der Waals surface area (Å²) < 4.78 is 11.3. The molecule has 0 radical (unpaired) electrons. The molecule has 1 fully saturated rings. The van der Waals surface area contributed by atoms with Crippen molar-refractivity contribution in [1.29, 1.82) is 0 Å². The number of ether oxygens (including phenoxy) is 2. The molecule has 1 saturated heterocycles.